The first-order valence-corrected chi connectivity index (χ1v) is 8.45. The molecule has 2 aromatic carbocycles. The summed E-state index contributed by atoms with van der Waals surface area (Å²) in [6.45, 7) is 0.820. The van der Waals surface area contributed by atoms with E-state index in [1.54, 1.807) is 44.6 Å². The van der Waals surface area contributed by atoms with Gasteiger partial charge in [0.2, 0.25) is 5.91 Å². The first-order chi connectivity index (χ1) is 12.0. The number of carbonyl (C=O) groups excluding carboxylic acids is 1. The molecule has 0 radical (unpaired) electrons. The summed E-state index contributed by atoms with van der Waals surface area (Å²) in [6.07, 6.45) is 0.708. The van der Waals surface area contributed by atoms with E-state index in [4.69, 9.17) is 32.7 Å². The summed E-state index contributed by atoms with van der Waals surface area (Å²) in [4.78, 5) is 12.0. The number of hydrogen-bond donors (Lipinski definition) is 2. The maximum Gasteiger partial charge on any atom is 0.238 e. The number of benzene rings is 2. The molecule has 0 aliphatic carbocycles. The summed E-state index contributed by atoms with van der Waals surface area (Å²) in [6, 6.07) is 10.6. The Morgan fingerprint density at radius 3 is 2.48 bits per heavy atom. The molecule has 1 amide bonds. The van der Waals surface area contributed by atoms with Gasteiger partial charge in [-0.1, -0.05) is 29.3 Å². The lowest BCUT2D eigenvalue weighted by Crippen LogP contribution is -2.29. The summed E-state index contributed by atoms with van der Waals surface area (Å²) in [5, 5.41) is 7.13. The Hall–Kier alpha value is -1.95. The zero-order valence-electron chi connectivity index (χ0n) is 14.1. The molecule has 0 aliphatic rings. The van der Waals surface area contributed by atoms with Crippen molar-refractivity contribution < 1.29 is 14.3 Å². The van der Waals surface area contributed by atoms with Crippen LogP contribution < -0.4 is 20.1 Å². The van der Waals surface area contributed by atoms with Crippen molar-refractivity contribution in [2.75, 3.05) is 32.6 Å². The number of ether oxygens (including phenoxy) is 2. The molecule has 2 rings (SSSR count). The highest BCUT2D eigenvalue weighted by Gasteiger charge is 2.07. The van der Waals surface area contributed by atoms with Crippen LogP contribution in [0.5, 0.6) is 11.5 Å². The quantitative estimate of drug-likeness (QED) is 0.682. The van der Waals surface area contributed by atoms with Gasteiger partial charge in [0.1, 0.15) is 0 Å². The topological polar surface area (TPSA) is 59.6 Å². The summed E-state index contributed by atoms with van der Waals surface area (Å²) in [7, 11) is 3.11. The van der Waals surface area contributed by atoms with Crippen molar-refractivity contribution in [1.82, 2.24) is 5.32 Å². The van der Waals surface area contributed by atoms with Gasteiger partial charge in [-0.15, -0.1) is 0 Å². The predicted octanol–water partition coefficient (Wildman–Crippen LogP) is 3.78. The Labute approximate surface area is 157 Å². The molecule has 7 heteroatoms. The molecule has 0 aromatic heterocycles. The second-order valence-corrected chi connectivity index (χ2v) is 6.12. The van der Waals surface area contributed by atoms with Crippen LogP contribution in [0.3, 0.4) is 0 Å². The Morgan fingerprint density at radius 2 is 1.80 bits per heavy atom. The lowest BCUT2D eigenvalue weighted by atomic mass is 10.1. The minimum Gasteiger partial charge on any atom is -0.493 e. The van der Waals surface area contributed by atoms with Gasteiger partial charge < -0.3 is 20.1 Å². The average Bonchev–Trinajstić information content (AvgIpc) is 2.60. The molecule has 0 bridgehead atoms. The van der Waals surface area contributed by atoms with Gasteiger partial charge in [0.15, 0.2) is 11.5 Å². The largest absolute Gasteiger partial charge is 0.493 e. The van der Waals surface area contributed by atoms with E-state index in [9.17, 15) is 4.79 Å². The zero-order chi connectivity index (χ0) is 18.2. The molecule has 5 nitrogen and oxygen atoms in total. The lowest BCUT2D eigenvalue weighted by molar-refractivity contribution is -0.115. The van der Waals surface area contributed by atoms with E-state index in [0.29, 0.717) is 40.2 Å². The third-order valence-electron chi connectivity index (χ3n) is 3.54. The van der Waals surface area contributed by atoms with Crippen LogP contribution in [0.4, 0.5) is 5.69 Å². The highest BCUT2D eigenvalue weighted by molar-refractivity contribution is 6.35. The van der Waals surface area contributed by atoms with Crippen molar-refractivity contribution in [3.05, 3.63) is 52.0 Å². The summed E-state index contributed by atoms with van der Waals surface area (Å²) >= 11 is 12.0. The number of methoxy groups -OCH3 is 2. The predicted molar refractivity (Wildman–Crippen MR) is 101 cm³/mol. The van der Waals surface area contributed by atoms with Crippen molar-refractivity contribution >= 4 is 34.8 Å². The van der Waals surface area contributed by atoms with E-state index in [0.717, 1.165) is 5.56 Å². The van der Waals surface area contributed by atoms with Crippen LogP contribution in [-0.4, -0.2) is 33.2 Å². The van der Waals surface area contributed by atoms with E-state index in [2.05, 4.69) is 10.6 Å². The van der Waals surface area contributed by atoms with Crippen LogP contribution in [0.25, 0.3) is 0 Å². The highest BCUT2D eigenvalue weighted by Crippen LogP contribution is 2.29. The van der Waals surface area contributed by atoms with E-state index in [-0.39, 0.29) is 12.5 Å². The third-order valence-corrected chi connectivity index (χ3v) is 4.13. The molecule has 0 spiro atoms. The minimum atomic E-state index is -0.144. The molecule has 0 unspecified atom stereocenters. The fraction of sp³-hybridized carbons (Fsp3) is 0.278. The molecule has 2 N–H and O–H groups in total. The van der Waals surface area contributed by atoms with Crippen LogP contribution in [0.2, 0.25) is 10.0 Å². The van der Waals surface area contributed by atoms with Crippen LogP contribution in [0.1, 0.15) is 5.56 Å². The molecule has 0 saturated carbocycles. The van der Waals surface area contributed by atoms with Crippen LogP contribution >= 0.6 is 23.2 Å². The summed E-state index contributed by atoms with van der Waals surface area (Å²) < 4.78 is 10.4. The van der Waals surface area contributed by atoms with Gasteiger partial charge in [0, 0.05) is 21.8 Å². The number of carbonyl (C=O) groups is 1. The van der Waals surface area contributed by atoms with Crippen molar-refractivity contribution in [3.8, 4) is 11.5 Å². The smallest absolute Gasteiger partial charge is 0.238 e. The van der Waals surface area contributed by atoms with Gasteiger partial charge in [-0.3, -0.25) is 4.79 Å². The monoisotopic (exact) mass is 382 g/mol. The zero-order valence-corrected chi connectivity index (χ0v) is 15.6. The normalized spacial score (nSPS) is 10.4. The molecule has 2 aromatic rings. The second kappa shape index (κ2) is 9.51. The van der Waals surface area contributed by atoms with E-state index < -0.39 is 0 Å². The second-order valence-electron chi connectivity index (χ2n) is 5.28. The van der Waals surface area contributed by atoms with Gasteiger partial charge in [-0.25, -0.2) is 0 Å². The fourth-order valence-electron chi connectivity index (χ4n) is 2.27. The number of rotatable bonds is 8. The first-order valence-electron chi connectivity index (χ1n) is 7.70. The number of nitrogens with one attached hydrogen (secondary N) is 2. The third kappa shape index (κ3) is 5.81. The Bertz CT molecular complexity index is 738. The van der Waals surface area contributed by atoms with Crippen molar-refractivity contribution in [2.24, 2.45) is 0 Å². The average molecular weight is 383 g/mol. The molecule has 0 heterocycles. The van der Waals surface area contributed by atoms with Gasteiger partial charge in [-0.05, 0) is 42.8 Å². The minimum absolute atomic E-state index is 0.144. The van der Waals surface area contributed by atoms with E-state index >= 15 is 0 Å². The lowest BCUT2D eigenvalue weighted by Gasteiger charge is -2.11. The number of anilines is 1. The van der Waals surface area contributed by atoms with Crippen molar-refractivity contribution in [2.45, 2.75) is 6.42 Å². The molecule has 0 fully saturated rings. The molecular weight excluding hydrogens is 363 g/mol. The van der Waals surface area contributed by atoms with Gasteiger partial charge in [0.05, 0.1) is 20.8 Å². The Kier molecular flexibility index (Phi) is 7.37. The van der Waals surface area contributed by atoms with Crippen molar-refractivity contribution in [1.29, 1.82) is 0 Å². The van der Waals surface area contributed by atoms with Gasteiger partial charge in [0.25, 0.3) is 0 Å². The number of hydrogen-bond acceptors (Lipinski definition) is 4. The van der Waals surface area contributed by atoms with Crippen molar-refractivity contribution in [3.63, 3.8) is 0 Å². The van der Waals surface area contributed by atoms with Gasteiger partial charge in [-0.2, -0.15) is 0 Å². The summed E-state index contributed by atoms with van der Waals surface area (Å²) in [5.41, 5.74) is 1.63. The Balaban J connectivity index is 1.79. The highest BCUT2D eigenvalue weighted by atomic mass is 35.5. The number of halogens is 2. The molecule has 0 saturated heterocycles. The van der Waals surface area contributed by atoms with E-state index in [1.165, 1.54) is 0 Å². The van der Waals surface area contributed by atoms with E-state index in [1.807, 2.05) is 6.07 Å². The molecule has 134 valence electrons. The van der Waals surface area contributed by atoms with Crippen LogP contribution in [0.15, 0.2) is 36.4 Å². The fourth-order valence-corrected chi connectivity index (χ4v) is 2.77. The Morgan fingerprint density at radius 1 is 1.04 bits per heavy atom. The van der Waals surface area contributed by atoms with Gasteiger partial charge >= 0.3 is 0 Å². The first kappa shape index (κ1) is 19.4. The molecule has 0 aliphatic heterocycles. The maximum absolute atomic E-state index is 12.0. The molecule has 25 heavy (non-hydrogen) atoms. The summed E-state index contributed by atoms with van der Waals surface area (Å²) in [5.74, 6) is 1.03. The molecule has 0 atom stereocenters. The van der Waals surface area contributed by atoms with Crippen LogP contribution in [-0.2, 0) is 11.2 Å². The molecular formula is C18H20Cl2N2O3. The maximum atomic E-state index is 12.0. The SMILES string of the molecule is COc1ccc(NC(=O)CNCCc2ccc(Cl)cc2Cl)cc1OC. The number of amides is 1. The standard InChI is InChI=1S/C18H20Cl2N2O3/c1-24-16-6-5-14(10-17(16)25-2)22-18(23)11-21-8-7-12-3-4-13(19)9-15(12)20/h3-6,9-10,21H,7-8,11H2,1-2H3,(H,22,23). The van der Waals surface area contributed by atoms with Crippen LogP contribution in [0, 0.1) is 0 Å².